The predicted molar refractivity (Wildman–Crippen MR) is 66.4 cm³/mol. The van der Waals surface area contributed by atoms with Crippen molar-refractivity contribution in [1.82, 2.24) is 4.90 Å². The molecule has 1 saturated carbocycles. The van der Waals surface area contributed by atoms with Crippen LogP contribution in [0.1, 0.15) is 39.0 Å². The molecule has 2 rings (SSSR count). The maximum Gasteiger partial charge on any atom is 0.0480 e. The highest BCUT2D eigenvalue weighted by Gasteiger charge is 2.42. The topological polar surface area (TPSA) is 38.5 Å². The number of nitrogens with zero attached hydrogens (tertiary/aromatic N) is 1. The summed E-state index contributed by atoms with van der Waals surface area (Å²) in [7, 11) is 2.28. The van der Waals surface area contributed by atoms with E-state index in [4.69, 9.17) is 10.5 Å². The van der Waals surface area contributed by atoms with Gasteiger partial charge in [-0.3, -0.25) is 4.90 Å². The Kier molecular flexibility index (Phi) is 3.88. The Labute approximate surface area is 99.3 Å². The van der Waals surface area contributed by atoms with Crippen molar-refractivity contribution in [3.8, 4) is 0 Å². The van der Waals surface area contributed by atoms with E-state index < -0.39 is 0 Å². The average molecular weight is 226 g/mol. The average Bonchev–Trinajstić information content (AvgIpc) is 2.72. The molecule has 0 bridgehead atoms. The fourth-order valence-corrected chi connectivity index (χ4v) is 3.48. The van der Waals surface area contributed by atoms with E-state index in [-0.39, 0.29) is 5.54 Å². The van der Waals surface area contributed by atoms with Gasteiger partial charge in [0.05, 0.1) is 0 Å². The first-order valence-electron chi connectivity index (χ1n) is 6.69. The first-order valence-corrected chi connectivity index (χ1v) is 6.69. The molecule has 94 valence electrons. The Bertz CT molecular complexity index is 228. The third-order valence-corrected chi connectivity index (χ3v) is 4.70. The molecule has 0 spiro atoms. The Morgan fingerprint density at radius 2 is 2.00 bits per heavy atom. The summed E-state index contributed by atoms with van der Waals surface area (Å²) in [5.41, 5.74) is 6.34. The van der Waals surface area contributed by atoms with E-state index in [1.54, 1.807) is 0 Å². The van der Waals surface area contributed by atoms with E-state index in [1.165, 1.54) is 32.1 Å². The predicted octanol–water partition coefficient (Wildman–Crippen LogP) is 1.61. The van der Waals surface area contributed by atoms with Crippen LogP contribution in [0.15, 0.2) is 0 Å². The van der Waals surface area contributed by atoms with Gasteiger partial charge < -0.3 is 10.5 Å². The Morgan fingerprint density at radius 3 is 2.50 bits per heavy atom. The molecule has 3 nitrogen and oxygen atoms in total. The molecule has 1 aliphatic heterocycles. The Morgan fingerprint density at radius 1 is 1.31 bits per heavy atom. The van der Waals surface area contributed by atoms with Gasteiger partial charge in [0.2, 0.25) is 0 Å². The summed E-state index contributed by atoms with van der Waals surface area (Å²) in [6.45, 7) is 5.01. The summed E-state index contributed by atoms with van der Waals surface area (Å²) >= 11 is 0. The molecule has 2 aliphatic rings. The quantitative estimate of drug-likeness (QED) is 0.794. The molecule has 0 amide bonds. The third kappa shape index (κ3) is 2.27. The van der Waals surface area contributed by atoms with Gasteiger partial charge in [-0.15, -0.1) is 0 Å². The van der Waals surface area contributed by atoms with Crippen molar-refractivity contribution < 1.29 is 4.74 Å². The minimum atomic E-state index is 0.279. The van der Waals surface area contributed by atoms with Gasteiger partial charge in [-0.2, -0.15) is 0 Å². The van der Waals surface area contributed by atoms with E-state index in [9.17, 15) is 0 Å². The second-order valence-electron chi connectivity index (χ2n) is 5.73. The number of ether oxygens (including phenoxy) is 1. The molecule has 1 heterocycles. The molecule has 2 N–H and O–H groups in total. The smallest absolute Gasteiger partial charge is 0.0480 e. The van der Waals surface area contributed by atoms with Crippen LogP contribution in [0.2, 0.25) is 0 Å². The normalized spacial score (nSPS) is 37.1. The van der Waals surface area contributed by atoms with Crippen LogP contribution < -0.4 is 5.73 Å². The van der Waals surface area contributed by atoms with Gasteiger partial charge in [-0.05, 0) is 45.1 Å². The van der Waals surface area contributed by atoms with Crippen molar-refractivity contribution >= 4 is 0 Å². The van der Waals surface area contributed by atoms with Crippen molar-refractivity contribution in [3.05, 3.63) is 0 Å². The fourth-order valence-electron chi connectivity index (χ4n) is 3.48. The lowest BCUT2D eigenvalue weighted by atomic mass is 9.91. The maximum atomic E-state index is 6.07. The molecule has 0 aromatic carbocycles. The number of rotatable bonds is 3. The number of nitrogens with two attached hydrogens (primary N) is 1. The molecule has 2 unspecified atom stereocenters. The number of likely N-dealkylation sites (N-methyl/N-ethyl adjacent to an activating group) is 1. The van der Waals surface area contributed by atoms with Crippen molar-refractivity contribution in [1.29, 1.82) is 0 Å². The zero-order valence-electron chi connectivity index (χ0n) is 10.7. The standard InChI is InChI=1S/C13H26N2O/c1-11-3-6-13(9-11,10-14)15(2)12-4-7-16-8-5-12/h11-12H,3-10,14H2,1-2H3. The van der Waals surface area contributed by atoms with Crippen LogP contribution in [-0.4, -0.2) is 43.3 Å². The molecule has 2 atom stereocenters. The van der Waals surface area contributed by atoms with Crippen LogP contribution in [0.4, 0.5) is 0 Å². The summed E-state index contributed by atoms with van der Waals surface area (Å²) in [5, 5.41) is 0. The molecule has 0 radical (unpaired) electrons. The fraction of sp³-hybridized carbons (Fsp3) is 1.00. The van der Waals surface area contributed by atoms with Crippen LogP contribution in [0, 0.1) is 5.92 Å². The lowest BCUT2D eigenvalue weighted by molar-refractivity contribution is -0.00102. The summed E-state index contributed by atoms with van der Waals surface area (Å²) in [6.07, 6.45) is 6.24. The van der Waals surface area contributed by atoms with E-state index >= 15 is 0 Å². The Balaban J connectivity index is 2.02. The minimum Gasteiger partial charge on any atom is -0.381 e. The van der Waals surface area contributed by atoms with Crippen molar-refractivity contribution in [3.63, 3.8) is 0 Å². The lowest BCUT2D eigenvalue weighted by Gasteiger charge is -2.44. The van der Waals surface area contributed by atoms with E-state index in [1.807, 2.05) is 0 Å². The molecule has 0 aromatic heterocycles. The van der Waals surface area contributed by atoms with Crippen LogP contribution in [0.5, 0.6) is 0 Å². The highest BCUT2D eigenvalue weighted by Crippen LogP contribution is 2.39. The first-order chi connectivity index (χ1) is 7.68. The molecular formula is C13H26N2O. The van der Waals surface area contributed by atoms with E-state index in [0.717, 1.165) is 25.7 Å². The van der Waals surface area contributed by atoms with Gasteiger partial charge in [-0.1, -0.05) is 6.92 Å². The van der Waals surface area contributed by atoms with Gasteiger partial charge in [0.1, 0.15) is 0 Å². The molecule has 16 heavy (non-hydrogen) atoms. The zero-order chi connectivity index (χ0) is 11.6. The summed E-state index contributed by atoms with van der Waals surface area (Å²) < 4.78 is 5.44. The summed E-state index contributed by atoms with van der Waals surface area (Å²) in [5.74, 6) is 0.839. The zero-order valence-corrected chi connectivity index (χ0v) is 10.7. The number of hydrogen-bond donors (Lipinski definition) is 1. The van der Waals surface area contributed by atoms with Crippen molar-refractivity contribution in [2.75, 3.05) is 26.8 Å². The third-order valence-electron chi connectivity index (χ3n) is 4.70. The molecule has 2 fully saturated rings. The van der Waals surface area contributed by atoms with Gasteiger partial charge in [0, 0.05) is 31.3 Å². The van der Waals surface area contributed by atoms with Crippen LogP contribution in [0.25, 0.3) is 0 Å². The SMILES string of the molecule is CC1CCC(CN)(N(C)C2CCOCC2)C1. The molecule has 3 heteroatoms. The summed E-state index contributed by atoms with van der Waals surface area (Å²) in [4.78, 5) is 2.58. The van der Waals surface area contributed by atoms with Gasteiger partial charge in [0.15, 0.2) is 0 Å². The van der Waals surface area contributed by atoms with Gasteiger partial charge in [0.25, 0.3) is 0 Å². The van der Waals surface area contributed by atoms with Crippen LogP contribution in [0.3, 0.4) is 0 Å². The second kappa shape index (κ2) is 5.03. The monoisotopic (exact) mass is 226 g/mol. The minimum absolute atomic E-state index is 0.279. The van der Waals surface area contributed by atoms with Crippen LogP contribution >= 0.6 is 0 Å². The van der Waals surface area contributed by atoms with Gasteiger partial charge >= 0.3 is 0 Å². The molecule has 1 saturated heterocycles. The van der Waals surface area contributed by atoms with Crippen molar-refractivity contribution in [2.24, 2.45) is 11.7 Å². The largest absolute Gasteiger partial charge is 0.381 e. The molecule has 0 aromatic rings. The highest BCUT2D eigenvalue weighted by atomic mass is 16.5. The second-order valence-corrected chi connectivity index (χ2v) is 5.73. The lowest BCUT2D eigenvalue weighted by Crippen LogP contribution is -2.55. The maximum absolute atomic E-state index is 6.07. The first kappa shape index (κ1) is 12.3. The van der Waals surface area contributed by atoms with Crippen LogP contribution in [-0.2, 0) is 4.74 Å². The van der Waals surface area contributed by atoms with Crippen molar-refractivity contribution in [2.45, 2.75) is 50.6 Å². The van der Waals surface area contributed by atoms with Gasteiger partial charge in [-0.25, -0.2) is 0 Å². The van der Waals surface area contributed by atoms with E-state index in [2.05, 4.69) is 18.9 Å². The molecule has 1 aliphatic carbocycles. The van der Waals surface area contributed by atoms with E-state index in [0.29, 0.717) is 6.04 Å². The highest BCUT2D eigenvalue weighted by molar-refractivity contribution is 4.99. The molecular weight excluding hydrogens is 200 g/mol. The summed E-state index contributed by atoms with van der Waals surface area (Å²) in [6, 6.07) is 0.683. The number of hydrogen-bond acceptors (Lipinski definition) is 3. The Hall–Kier alpha value is -0.120.